The summed E-state index contributed by atoms with van der Waals surface area (Å²) < 4.78 is 0. The van der Waals surface area contributed by atoms with Gasteiger partial charge in [-0.2, -0.15) is 0 Å². The van der Waals surface area contributed by atoms with Crippen LogP contribution >= 0.6 is 0 Å². The summed E-state index contributed by atoms with van der Waals surface area (Å²) in [6, 6.07) is 6.81. The van der Waals surface area contributed by atoms with Gasteiger partial charge in [0, 0.05) is 19.0 Å². The molecule has 16 heavy (non-hydrogen) atoms. The monoisotopic (exact) mass is 221 g/mol. The lowest BCUT2D eigenvalue weighted by Crippen LogP contribution is -2.21. The number of aromatic hydroxyl groups is 1. The van der Waals surface area contributed by atoms with Crippen molar-refractivity contribution in [2.75, 3.05) is 20.1 Å². The first kappa shape index (κ1) is 11.0. The summed E-state index contributed by atoms with van der Waals surface area (Å²) in [5, 5.41) is 18.3. The standard InChI is InChI=1S/C12H15NO3/c1-13-6-10(11(7-13)12(15)16)8-2-4-9(14)5-3-8/h2-5,10-11,14H,6-7H2,1H3,(H,15,16). The van der Waals surface area contributed by atoms with Gasteiger partial charge in [0.15, 0.2) is 0 Å². The molecule has 1 fully saturated rings. The van der Waals surface area contributed by atoms with Gasteiger partial charge in [-0.25, -0.2) is 0 Å². The number of carbonyl (C=O) groups is 1. The fourth-order valence-electron chi connectivity index (χ4n) is 2.31. The molecule has 0 amide bonds. The maximum Gasteiger partial charge on any atom is 0.308 e. The van der Waals surface area contributed by atoms with Crippen LogP contribution in [0.25, 0.3) is 0 Å². The maximum absolute atomic E-state index is 11.1. The minimum Gasteiger partial charge on any atom is -0.508 e. The van der Waals surface area contributed by atoms with E-state index in [4.69, 9.17) is 5.11 Å². The van der Waals surface area contributed by atoms with Gasteiger partial charge < -0.3 is 15.1 Å². The van der Waals surface area contributed by atoms with Crippen molar-refractivity contribution in [3.63, 3.8) is 0 Å². The van der Waals surface area contributed by atoms with E-state index < -0.39 is 5.97 Å². The lowest BCUT2D eigenvalue weighted by atomic mass is 9.89. The minimum atomic E-state index is -0.748. The average Bonchev–Trinajstić information content (AvgIpc) is 2.61. The van der Waals surface area contributed by atoms with E-state index in [-0.39, 0.29) is 17.6 Å². The molecule has 1 aliphatic heterocycles. The van der Waals surface area contributed by atoms with Gasteiger partial charge in [0.1, 0.15) is 5.75 Å². The summed E-state index contributed by atoms with van der Waals surface area (Å²) in [5.41, 5.74) is 0.981. The highest BCUT2D eigenvalue weighted by Crippen LogP contribution is 2.32. The van der Waals surface area contributed by atoms with Crippen LogP contribution in [0, 0.1) is 5.92 Å². The molecule has 2 N–H and O–H groups in total. The molecule has 2 unspecified atom stereocenters. The van der Waals surface area contributed by atoms with E-state index in [1.807, 2.05) is 11.9 Å². The zero-order valence-corrected chi connectivity index (χ0v) is 9.13. The molecule has 2 atom stereocenters. The van der Waals surface area contributed by atoms with Crippen molar-refractivity contribution in [1.82, 2.24) is 4.90 Å². The fourth-order valence-corrected chi connectivity index (χ4v) is 2.31. The first-order valence-corrected chi connectivity index (χ1v) is 5.28. The van der Waals surface area contributed by atoms with Crippen molar-refractivity contribution in [1.29, 1.82) is 0 Å². The van der Waals surface area contributed by atoms with Gasteiger partial charge in [0.2, 0.25) is 0 Å². The zero-order chi connectivity index (χ0) is 11.7. The lowest BCUT2D eigenvalue weighted by molar-refractivity contribution is -0.141. The van der Waals surface area contributed by atoms with Gasteiger partial charge >= 0.3 is 5.97 Å². The lowest BCUT2D eigenvalue weighted by Gasteiger charge is -2.14. The van der Waals surface area contributed by atoms with Crippen LogP contribution in [0.15, 0.2) is 24.3 Å². The molecule has 0 aliphatic carbocycles. The molecule has 1 aromatic rings. The Kier molecular flexibility index (Phi) is 2.83. The molecule has 1 saturated heterocycles. The Balaban J connectivity index is 2.25. The third-order valence-electron chi connectivity index (χ3n) is 3.14. The van der Waals surface area contributed by atoms with Crippen molar-refractivity contribution in [2.24, 2.45) is 5.92 Å². The molecule has 0 bridgehead atoms. The van der Waals surface area contributed by atoms with Crippen LogP contribution in [0.2, 0.25) is 0 Å². The molecule has 86 valence electrons. The number of likely N-dealkylation sites (tertiary alicyclic amines) is 1. The summed E-state index contributed by atoms with van der Waals surface area (Å²) in [4.78, 5) is 13.1. The molecule has 0 aromatic heterocycles. The molecular weight excluding hydrogens is 206 g/mol. The fraction of sp³-hybridized carbons (Fsp3) is 0.417. The molecule has 1 aliphatic rings. The van der Waals surface area contributed by atoms with Crippen LogP contribution in [0.3, 0.4) is 0 Å². The first-order chi connectivity index (χ1) is 7.58. The zero-order valence-electron chi connectivity index (χ0n) is 9.13. The number of phenols is 1. The highest BCUT2D eigenvalue weighted by atomic mass is 16.4. The van der Waals surface area contributed by atoms with Crippen molar-refractivity contribution in [3.05, 3.63) is 29.8 Å². The summed E-state index contributed by atoms with van der Waals surface area (Å²) in [6.07, 6.45) is 0. The SMILES string of the molecule is CN1CC(C(=O)O)C(c2ccc(O)cc2)C1. The Bertz CT molecular complexity index is 388. The number of phenolic OH excluding ortho intramolecular Hbond substituents is 1. The smallest absolute Gasteiger partial charge is 0.308 e. The Hall–Kier alpha value is -1.55. The minimum absolute atomic E-state index is 0.0168. The number of rotatable bonds is 2. The summed E-state index contributed by atoms with van der Waals surface area (Å²) in [6.45, 7) is 1.34. The number of carboxylic acid groups (broad SMARTS) is 1. The van der Waals surface area contributed by atoms with Crippen molar-refractivity contribution in [3.8, 4) is 5.75 Å². The molecule has 4 heteroatoms. The third kappa shape index (κ3) is 2.02. The number of hydrogen-bond donors (Lipinski definition) is 2. The van der Waals surface area contributed by atoms with Gasteiger partial charge in [-0.3, -0.25) is 4.79 Å². The van der Waals surface area contributed by atoms with Gasteiger partial charge in [0.05, 0.1) is 5.92 Å². The Morgan fingerprint density at radius 2 is 1.94 bits per heavy atom. The van der Waals surface area contributed by atoms with E-state index in [1.54, 1.807) is 24.3 Å². The van der Waals surface area contributed by atoms with Crippen molar-refractivity contribution in [2.45, 2.75) is 5.92 Å². The predicted octanol–water partition coefficient (Wildman–Crippen LogP) is 1.12. The third-order valence-corrected chi connectivity index (χ3v) is 3.14. The summed E-state index contributed by atoms with van der Waals surface area (Å²) in [5.74, 6) is -0.873. The molecule has 0 saturated carbocycles. The Morgan fingerprint density at radius 1 is 1.31 bits per heavy atom. The molecule has 1 aromatic carbocycles. The van der Waals surface area contributed by atoms with Crippen LogP contribution in [0.5, 0.6) is 5.75 Å². The molecule has 0 spiro atoms. The van der Waals surface area contributed by atoms with Gasteiger partial charge in [-0.15, -0.1) is 0 Å². The summed E-state index contributed by atoms with van der Waals surface area (Å²) >= 11 is 0. The average molecular weight is 221 g/mol. The summed E-state index contributed by atoms with van der Waals surface area (Å²) in [7, 11) is 1.93. The van der Waals surface area contributed by atoms with E-state index in [2.05, 4.69) is 0 Å². The highest BCUT2D eigenvalue weighted by Gasteiger charge is 2.36. The molecule has 4 nitrogen and oxygen atoms in total. The second-order valence-corrected chi connectivity index (χ2v) is 4.36. The van der Waals surface area contributed by atoms with E-state index >= 15 is 0 Å². The maximum atomic E-state index is 11.1. The Labute approximate surface area is 94.1 Å². The normalized spacial score (nSPS) is 25.8. The van der Waals surface area contributed by atoms with Crippen LogP contribution in [0.1, 0.15) is 11.5 Å². The molecule has 0 radical (unpaired) electrons. The van der Waals surface area contributed by atoms with Gasteiger partial charge in [-0.1, -0.05) is 12.1 Å². The second-order valence-electron chi connectivity index (χ2n) is 4.36. The molecule has 1 heterocycles. The predicted molar refractivity (Wildman–Crippen MR) is 59.5 cm³/mol. The van der Waals surface area contributed by atoms with Crippen molar-refractivity contribution >= 4 is 5.97 Å². The highest BCUT2D eigenvalue weighted by molar-refractivity contribution is 5.72. The number of nitrogens with zero attached hydrogens (tertiary/aromatic N) is 1. The Morgan fingerprint density at radius 3 is 2.50 bits per heavy atom. The molecule has 2 rings (SSSR count). The van der Waals surface area contributed by atoms with Crippen LogP contribution in [-0.4, -0.2) is 41.2 Å². The van der Waals surface area contributed by atoms with Gasteiger partial charge in [-0.05, 0) is 24.7 Å². The number of benzene rings is 1. The largest absolute Gasteiger partial charge is 0.508 e. The van der Waals surface area contributed by atoms with E-state index in [9.17, 15) is 9.90 Å². The molecular formula is C12H15NO3. The number of carboxylic acids is 1. The van der Waals surface area contributed by atoms with E-state index in [0.29, 0.717) is 6.54 Å². The van der Waals surface area contributed by atoms with Crippen LogP contribution in [-0.2, 0) is 4.79 Å². The number of hydrogen-bond acceptors (Lipinski definition) is 3. The first-order valence-electron chi connectivity index (χ1n) is 5.28. The van der Waals surface area contributed by atoms with Crippen LogP contribution < -0.4 is 0 Å². The van der Waals surface area contributed by atoms with Crippen LogP contribution in [0.4, 0.5) is 0 Å². The van der Waals surface area contributed by atoms with Gasteiger partial charge in [0.25, 0.3) is 0 Å². The topological polar surface area (TPSA) is 60.8 Å². The second kappa shape index (κ2) is 4.14. The number of aliphatic carboxylic acids is 1. The quantitative estimate of drug-likeness (QED) is 0.785. The van der Waals surface area contributed by atoms with E-state index in [0.717, 1.165) is 12.1 Å². The number of likely N-dealkylation sites (N-methyl/N-ethyl adjacent to an activating group) is 1. The van der Waals surface area contributed by atoms with Crippen molar-refractivity contribution < 1.29 is 15.0 Å². The van der Waals surface area contributed by atoms with E-state index in [1.165, 1.54) is 0 Å².